The van der Waals surface area contributed by atoms with E-state index in [0.29, 0.717) is 5.39 Å². The summed E-state index contributed by atoms with van der Waals surface area (Å²) >= 11 is 3.05. The Kier molecular flexibility index (Phi) is 3.60. The van der Waals surface area contributed by atoms with E-state index in [0.717, 1.165) is 0 Å². The Morgan fingerprint density at radius 3 is 2.83 bits per heavy atom. The summed E-state index contributed by atoms with van der Waals surface area (Å²) in [5.41, 5.74) is 0.287. The molecular weight excluding hydrogens is 306 g/mol. The van der Waals surface area contributed by atoms with Crippen molar-refractivity contribution < 1.29 is 15.1 Å². The highest BCUT2D eigenvalue weighted by Gasteiger charge is 2.24. The van der Waals surface area contributed by atoms with Gasteiger partial charge in [0.05, 0.1) is 16.7 Å². The second-order valence-electron chi connectivity index (χ2n) is 3.73. The number of fused-ring (bicyclic) bond motifs is 1. The lowest BCUT2D eigenvalue weighted by Crippen LogP contribution is -2.20. The van der Waals surface area contributed by atoms with Crippen LogP contribution in [-0.4, -0.2) is 36.8 Å². The molecule has 0 saturated heterocycles. The number of H-pyrrole nitrogens is 1. The number of nitrogens with zero attached hydrogens (tertiary/aromatic N) is 2. The molecule has 7 nitrogen and oxygen atoms in total. The summed E-state index contributed by atoms with van der Waals surface area (Å²) in [7, 11) is 0. The molecule has 0 aliphatic heterocycles. The number of nitro benzene ring substituents is 1. The van der Waals surface area contributed by atoms with E-state index in [-0.39, 0.29) is 22.2 Å². The zero-order valence-corrected chi connectivity index (χ0v) is 10.7. The Balaban J connectivity index is 2.55. The fourth-order valence-electron chi connectivity index (χ4n) is 1.69. The summed E-state index contributed by atoms with van der Waals surface area (Å²) in [5, 5.41) is 37.2. The van der Waals surface area contributed by atoms with Gasteiger partial charge in [0, 0.05) is 16.8 Å². The molecule has 0 aliphatic rings. The summed E-state index contributed by atoms with van der Waals surface area (Å²) < 4.78 is 0. The first kappa shape index (κ1) is 12.9. The van der Waals surface area contributed by atoms with Crippen LogP contribution in [0.2, 0.25) is 0 Å². The van der Waals surface area contributed by atoms with E-state index in [1.807, 2.05) is 0 Å². The van der Waals surface area contributed by atoms with Crippen LogP contribution in [0.25, 0.3) is 10.9 Å². The van der Waals surface area contributed by atoms with E-state index >= 15 is 0 Å². The van der Waals surface area contributed by atoms with Gasteiger partial charge in [0.25, 0.3) is 5.69 Å². The Labute approximate surface area is 110 Å². The molecule has 0 saturated carbocycles. The number of benzene rings is 1. The number of nitro groups is 1. The van der Waals surface area contributed by atoms with Crippen molar-refractivity contribution in [1.29, 1.82) is 0 Å². The maximum absolute atomic E-state index is 10.8. The number of alkyl halides is 1. The zero-order valence-electron chi connectivity index (χ0n) is 9.08. The highest BCUT2D eigenvalue weighted by Crippen LogP contribution is 2.29. The normalized spacial score (nSPS) is 14.6. The van der Waals surface area contributed by atoms with Crippen molar-refractivity contribution >= 4 is 32.5 Å². The van der Waals surface area contributed by atoms with E-state index in [4.69, 9.17) is 0 Å². The van der Waals surface area contributed by atoms with Gasteiger partial charge in [0.1, 0.15) is 6.10 Å². The van der Waals surface area contributed by atoms with Crippen molar-refractivity contribution in [3.05, 3.63) is 34.0 Å². The molecule has 18 heavy (non-hydrogen) atoms. The molecule has 8 heteroatoms. The highest BCUT2D eigenvalue weighted by atomic mass is 79.9. The van der Waals surface area contributed by atoms with Crippen LogP contribution in [0.4, 0.5) is 5.69 Å². The Morgan fingerprint density at radius 1 is 1.50 bits per heavy atom. The summed E-state index contributed by atoms with van der Waals surface area (Å²) in [6, 6.07) is 4.44. The second kappa shape index (κ2) is 5.01. The highest BCUT2D eigenvalue weighted by molar-refractivity contribution is 9.09. The minimum atomic E-state index is -1.18. The Morgan fingerprint density at radius 2 is 2.22 bits per heavy atom. The predicted molar refractivity (Wildman–Crippen MR) is 67.5 cm³/mol. The molecule has 2 rings (SSSR count). The van der Waals surface area contributed by atoms with Crippen molar-refractivity contribution in [2.24, 2.45) is 0 Å². The van der Waals surface area contributed by atoms with Gasteiger partial charge in [-0.1, -0.05) is 28.1 Å². The summed E-state index contributed by atoms with van der Waals surface area (Å²) in [5.74, 6) is 0. The van der Waals surface area contributed by atoms with Crippen LogP contribution in [0.3, 0.4) is 0 Å². The van der Waals surface area contributed by atoms with Gasteiger partial charge in [-0.05, 0) is 0 Å². The number of aliphatic hydroxyl groups is 2. The van der Waals surface area contributed by atoms with Gasteiger partial charge < -0.3 is 10.2 Å². The average molecular weight is 316 g/mol. The third-order valence-electron chi connectivity index (χ3n) is 2.61. The largest absolute Gasteiger partial charge is 0.389 e. The number of hydrogen-bond acceptors (Lipinski definition) is 5. The number of hydrogen-bond donors (Lipinski definition) is 3. The van der Waals surface area contributed by atoms with Gasteiger partial charge >= 0.3 is 0 Å². The Hall–Kier alpha value is -1.51. The minimum absolute atomic E-state index is 0.143. The molecule has 0 spiro atoms. The zero-order chi connectivity index (χ0) is 13.3. The van der Waals surface area contributed by atoms with E-state index in [9.17, 15) is 20.3 Å². The van der Waals surface area contributed by atoms with Crippen LogP contribution in [0, 0.1) is 10.1 Å². The quantitative estimate of drug-likeness (QED) is 0.446. The van der Waals surface area contributed by atoms with Gasteiger partial charge in [-0.15, -0.1) is 0 Å². The van der Waals surface area contributed by atoms with Crippen molar-refractivity contribution in [3.8, 4) is 0 Å². The van der Waals surface area contributed by atoms with Gasteiger partial charge in [0.2, 0.25) is 0 Å². The molecule has 1 aromatic carbocycles. The van der Waals surface area contributed by atoms with Crippen molar-refractivity contribution in [3.63, 3.8) is 0 Å². The van der Waals surface area contributed by atoms with Crippen LogP contribution in [0.5, 0.6) is 0 Å². The molecule has 3 N–H and O–H groups in total. The van der Waals surface area contributed by atoms with Gasteiger partial charge in [-0.3, -0.25) is 15.2 Å². The lowest BCUT2D eigenvalue weighted by molar-refractivity contribution is -0.383. The van der Waals surface area contributed by atoms with Crippen molar-refractivity contribution in [2.45, 2.75) is 12.2 Å². The average Bonchev–Trinajstić information content (AvgIpc) is 2.80. The molecule has 2 atom stereocenters. The van der Waals surface area contributed by atoms with Crippen molar-refractivity contribution in [2.75, 3.05) is 5.33 Å². The molecule has 2 aromatic rings. The molecule has 0 radical (unpaired) electrons. The molecule has 1 aromatic heterocycles. The molecular formula is C10H10BrN3O4. The first-order valence-corrected chi connectivity index (χ1v) is 6.22. The van der Waals surface area contributed by atoms with E-state index in [1.54, 1.807) is 6.07 Å². The number of rotatable bonds is 4. The molecule has 2 unspecified atom stereocenters. The third-order valence-corrected chi connectivity index (χ3v) is 3.27. The fourth-order valence-corrected chi connectivity index (χ4v) is 2.05. The lowest BCUT2D eigenvalue weighted by Gasteiger charge is -2.13. The van der Waals surface area contributed by atoms with Crippen LogP contribution < -0.4 is 0 Å². The third kappa shape index (κ3) is 2.09. The fraction of sp³-hybridized carbons (Fsp3) is 0.300. The molecule has 96 valence electrons. The second-order valence-corrected chi connectivity index (χ2v) is 4.38. The van der Waals surface area contributed by atoms with Crippen molar-refractivity contribution in [1.82, 2.24) is 10.2 Å². The van der Waals surface area contributed by atoms with Crippen LogP contribution in [-0.2, 0) is 0 Å². The van der Waals surface area contributed by atoms with Gasteiger partial charge in [-0.2, -0.15) is 5.10 Å². The van der Waals surface area contributed by atoms with Gasteiger partial charge in [0.15, 0.2) is 5.52 Å². The number of nitrogens with one attached hydrogen (secondary N) is 1. The number of aromatic nitrogens is 2. The molecule has 0 fully saturated rings. The van der Waals surface area contributed by atoms with E-state index < -0.39 is 17.1 Å². The molecule has 0 bridgehead atoms. The van der Waals surface area contributed by atoms with Gasteiger partial charge in [-0.25, -0.2) is 0 Å². The number of para-hydroxylation sites is 1. The first-order chi connectivity index (χ1) is 8.56. The predicted octanol–water partition coefficient (Wildman–Crippen LogP) is 1.26. The maximum atomic E-state index is 10.8. The Bertz CT molecular complexity index is 586. The minimum Gasteiger partial charge on any atom is -0.389 e. The number of aliphatic hydroxyl groups excluding tert-OH is 2. The molecule has 0 aliphatic carbocycles. The summed E-state index contributed by atoms with van der Waals surface area (Å²) in [6.45, 7) is 0. The SMILES string of the molecule is O=[N+]([O-])c1cccc2c(C(O)C(O)CBr)[nH]nc12. The number of halogens is 1. The van der Waals surface area contributed by atoms with Crippen LogP contribution >= 0.6 is 15.9 Å². The molecule has 0 amide bonds. The lowest BCUT2D eigenvalue weighted by atomic mass is 10.1. The van der Waals surface area contributed by atoms with E-state index in [1.165, 1.54) is 12.1 Å². The monoisotopic (exact) mass is 315 g/mol. The molecule has 1 heterocycles. The summed E-state index contributed by atoms with van der Waals surface area (Å²) in [6.07, 6.45) is -2.20. The maximum Gasteiger partial charge on any atom is 0.297 e. The smallest absolute Gasteiger partial charge is 0.297 e. The number of aromatic amines is 1. The summed E-state index contributed by atoms with van der Waals surface area (Å²) in [4.78, 5) is 10.3. The topological polar surface area (TPSA) is 112 Å². The van der Waals surface area contributed by atoms with Crippen LogP contribution in [0.15, 0.2) is 18.2 Å². The first-order valence-electron chi connectivity index (χ1n) is 5.09. The number of non-ortho nitro benzene ring substituents is 1. The standard InChI is InChI=1S/C10H10BrN3O4/c11-4-7(15)10(16)9-5-2-1-3-6(14(17)18)8(5)12-13-9/h1-3,7,10,15-16H,4H2,(H,12,13). The van der Waals surface area contributed by atoms with Crippen LogP contribution in [0.1, 0.15) is 11.8 Å². The van der Waals surface area contributed by atoms with E-state index in [2.05, 4.69) is 26.1 Å².